The van der Waals surface area contributed by atoms with Crippen molar-refractivity contribution in [2.24, 2.45) is 5.41 Å². The van der Waals surface area contributed by atoms with E-state index in [0.29, 0.717) is 18.2 Å². The number of amides is 1. The zero-order valence-electron chi connectivity index (χ0n) is 21.5. The number of aromatic nitrogens is 7. The van der Waals surface area contributed by atoms with Crippen molar-refractivity contribution < 1.29 is 4.79 Å². The minimum absolute atomic E-state index is 0.0730. The van der Waals surface area contributed by atoms with Gasteiger partial charge >= 0.3 is 0 Å². The summed E-state index contributed by atoms with van der Waals surface area (Å²) in [4.78, 5) is 22.1. The van der Waals surface area contributed by atoms with Crippen LogP contribution in [0.15, 0.2) is 60.7 Å². The highest BCUT2D eigenvalue weighted by molar-refractivity contribution is 5.94. The molecule has 0 atom stereocenters. The Labute approximate surface area is 215 Å². The molecule has 2 N–H and O–H groups in total. The van der Waals surface area contributed by atoms with Crippen LogP contribution in [0.4, 0.5) is 5.82 Å². The van der Waals surface area contributed by atoms with Gasteiger partial charge in [-0.05, 0) is 45.7 Å². The van der Waals surface area contributed by atoms with Gasteiger partial charge in [0.05, 0.1) is 6.54 Å². The molecule has 0 aliphatic rings. The Morgan fingerprint density at radius 2 is 1.73 bits per heavy atom. The van der Waals surface area contributed by atoms with Crippen LogP contribution in [0.25, 0.3) is 33.7 Å². The maximum atomic E-state index is 12.5. The maximum Gasteiger partial charge on any atom is 0.230 e. The lowest BCUT2D eigenvalue weighted by Gasteiger charge is -2.17. The molecule has 0 saturated heterocycles. The van der Waals surface area contributed by atoms with E-state index in [0.717, 1.165) is 52.1 Å². The third-order valence-electron chi connectivity index (χ3n) is 6.20. The fourth-order valence-electron chi connectivity index (χ4n) is 4.19. The van der Waals surface area contributed by atoms with Crippen molar-refractivity contribution in [2.75, 3.05) is 5.32 Å². The number of carbonyl (C=O) groups excluding carboxylic acids is 1. The van der Waals surface area contributed by atoms with E-state index in [4.69, 9.17) is 9.97 Å². The standard InChI is InChI=1S/C28H30N8O/c1-5-8-24-29-22-15-16-23(31-27(37)28(2,3)4)30-26(22)36(24)17-18-11-13-19(14-12-18)20-9-6-7-10-21(20)25-32-34-35-33-25/h6-7,9-16H,5,8,17H2,1-4H3,(H,30,31,37)(H,32,33,34,35). The number of hydrogen-bond donors (Lipinski definition) is 2. The lowest BCUT2D eigenvalue weighted by molar-refractivity contribution is -0.123. The van der Waals surface area contributed by atoms with Crippen LogP contribution in [-0.4, -0.2) is 41.1 Å². The molecule has 3 heterocycles. The maximum absolute atomic E-state index is 12.5. The van der Waals surface area contributed by atoms with E-state index in [2.05, 4.69) is 67.8 Å². The Morgan fingerprint density at radius 1 is 0.973 bits per heavy atom. The molecule has 188 valence electrons. The average molecular weight is 495 g/mol. The lowest BCUT2D eigenvalue weighted by atomic mass is 9.96. The molecule has 3 aromatic heterocycles. The molecule has 0 bridgehead atoms. The number of rotatable bonds is 7. The Bertz CT molecular complexity index is 1530. The Kier molecular flexibility index (Phi) is 6.52. The first kappa shape index (κ1) is 24.3. The number of benzene rings is 2. The van der Waals surface area contributed by atoms with Crippen LogP contribution in [0.5, 0.6) is 0 Å². The number of tetrazole rings is 1. The lowest BCUT2D eigenvalue weighted by Crippen LogP contribution is -2.28. The van der Waals surface area contributed by atoms with Crippen molar-refractivity contribution >= 4 is 22.9 Å². The molecule has 5 rings (SSSR count). The van der Waals surface area contributed by atoms with Crippen LogP contribution in [0, 0.1) is 5.41 Å². The summed E-state index contributed by atoms with van der Waals surface area (Å²) in [5, 5.41) is 17.3. The summed E-state index contributed by atoms with van der Waals surface area (Å²) in [7, 11) is 0. The highest BCUT2D eigenvalue weighted by Crippen LogP contribution is 2.30. The monoisotopic (exact) mass is 494 g/mol. The minimum Gasteiger partial charge on any atom is -0.310 e. The molecule has 0 spiro atoms. The number of nitrogens with zero attached hydrogens (tertiary/aromatic N) is 6. The van der Waals surface area contributed by atoms with E-state index in [1.807, 2.05) is 51.1 Å². The first-order chi connectivity index (χ1) is 17.8. The van der Waals surface area contributed by atoms with E-state index in [1.54, 1.807) is 0 Å². The zero-order valence-corrected chi connectivity index (χ0v) is 21.5. The Morgan fingerprint density at radius 3 is 2.41 bits per heavy atom. The first-order valence-corrected chi connectivity index (χ1v) is 12.4. The molecule has 0 unspecified atom stereocenters. The number of H-pyrrole nitrogens is 1. The summed E-state index contributed by atoms with van der Waals surface area (Å²) in [6, 6.07) is 20.2. The van der Waals surface area contributed by atoms with Gasteiger partial charge in [-0.2, -0.15) is 0 Å². The third kappa shape index (κ3) is 5.11. The van der Waals surface area contributed by atoms with Crippen molar-refractivity contribution in [1.82, 2.24) is 35.2 Å². The fourth-order valence-corrected chi connectivity index (χ4v) is 4.19. The zero-order chi connectivity index (χ0) is 26.0. The van der Waals surface area contributed by atoms with Crippen LogP contribution in [0.2, 0.25) is 0 Å². The number of aromatic amines is 1. The summed E-state index contributed by atoms with van der Waals surface area (Å²) in [6.07, 6.45) is 1.82. The summed E-state index contributed by atoms with van der Waals surface area (Å²) in [6.45, 7) is 8.42. The van der Waals surface area contributed by atoms with Gasteiger partial charge in [-0.25, -0.2) is 15.1 Å². The number of imidazole rings is 1. The summed E-state index contributed by atoms with van der Waals surface area (Å²) in [5.41, 5.74) is 5.28. The van der Waals surface area contributed by atoms with E-state index in [9.17, 15) is 4.79 Å². The van der Waals surface area contributed by atoms with Crippen LogP contribution in [-0.2, 0) is 17.8 Å². The SMILES string of the molecule is CCCc1nc2ccc(NC(=O)C(C)(C)C)nc2n1Cc1ccc(-c2ccccc2-c2nnn[nH]2)cc1. The predicted octanol–water partition coefficient (Wildman–Crippen LogP) is 5.26. The number of aryl methyl sites for hydroxylation is 1. The Balaban J connectivity index is 1.46. The van der Waals surface area contributed by atoms with Gasteiger partial charge in [-0.3, -0.25) is 4.79 Å². The highest BCUT2D eigenvalue weighted by atomic mass is 16.2. The molecule has 0 aliphatic carbocycles. The number of carbonyl (C=O) groups is 1. The van der Waals surface area contributed by atoms with Gasteiger partial charge in [0, 0.05) is 17.4 Å². The molecule has 1 amide bonds. The highest BCUT2D eigenvalue weighted by Gasteiger charge is 2.22. The van der Waals surface area contributed by atoms with Crippen molar-refractivity contribution in [2.45, 2.75) is 47.1 Å². The number of nitrogens with one attached hydrogen (secondary N) is 2. The van der Waals surface area contributed by atoms with E-state index in [-0.39, 0.29) is 5.91 Å². The molecule has 9 heteroatoms. The quantitative estimate of drug-likeness (QED) is 0.319. The van der Waals surface area contributed by atoms with Crippen LogP contribution < -0.4 is 5.32 Å². The second-order valence-electron chi connectivity index (χ2n) is 10.1. The van der Waals surface area contributed by atoms with Gasteiger partial charge in [0.1, 0.15) is 17.2 Å². The number of hydrogen-bond acceptors (Lipinski definition) is 6. The summed E-state index contributed by atoms with van der Waals surface area (Å²) in [5.74, 6) is 2.08. The van der Waals surface area contributed by atoms with Crippen molar-refractivity contribution in [3.8, 4) is 22.5 Å². The molecule has 0 aliphatic heterocycles. The minimum atomic E-state index is -0.505. The summed E-state index contributed by atoms with van der Waals surface area (Å²) >= 11 is 0. The van der Waals surface area contributed by atoms with Gasteiger partial charge in [-0.1, -0.05) is 76.2 Å². The number of anilines is 1. The topological polar surface area (TPSA) is 114 Å². The van der Waals surface area contributed by atoms with E-state index in [1.165, 1.54) is 0 Å². The van der Waals surface area contributed by atoms with Crippen LogP contribution in [0.1, 0.15) is 45.5 Å². The Hall–Kier alpha value is -4.40. The molecule has 0 fully saturated rings. The largest absolute Gasteiger partial charge is 0.310 e. The van der Waals surface area contributed by atoms with Gasteiger partial charge in [0.15, 0.2) is 11.5 Å². The second kappa shape index (κ2) is 9.93. The summed E-state index contributed by atoms with van der Waals surface area (Å²) < 4.78 is 2.15. The molecule has 0 radical (unpaired) electrons. The van der Waals surface area contributed by atoms with Crippen LogP contribution in [0.3, 0.4) is 0 Å². The van der Waals surface area contributed by atoms with Crippen LogP contribution >= 0.6 is 0 Å². The van der Waals surface area contributed by atoms with Gasteiger partial charge in [0.25, 0.3) is 0 Å². The van der Waals surface area contributed by atoms with E-state index < -0.39 is 5.41 Å². The molecular formula is C28H30N8O. The van der Waals surface area contributed by atoms with E-state index >= 15 is 0 Å². The molecule has 37 heavy (non-hydrogen) atoms. The second-order valence-corrected chi connectivity index (χ2v) is 10.1. The van der Waals surface area contributed by atoms with Gasteiger partial charge in [0.2, 0.25) is 5.91 Å². The smallest absolute Gasteiger partial charge is 0.230 e. The van der Waals surface area contributed by atoms with Gasteiger partial charge in [-0.15, -0.1) is 5.10 Å². The average Bonchev–Trinajstić information content (AvgIpc) is 3.53. The normalized spacial score (nSPS) is 11.7. The first-order valence-electron chi connectivity index (χ1n) is 12.4. The predicted molar refractivity (Wildman–Crippen MR) is 144 cm³/mol. The molecule has 2 aromatic carbocycles. The molecule has 0 saturated carbocycles. The molecule has 5 aromatic rings. The third-order valence-corrected chi connectivity index (χ3v) is 6.20. The molecule has 9 nitrogen and oxygen atoms in total. The van der Waals surface area contributed by atoms with Crippen molar-refractivity contribution in [1.29, 1.82) is 0 Å². The van der Waals surface area contributed by atoms with Crippen molar-refractivity contribution in [3.63, 3.8) is 0 Å². The van der Waals surface area contributed by atoms with Crippen molar-refractivity contribution in [3.05, 3.63) is 72.1 Å². The number of pyridine rings is 1. The van der Waals surface area contributed by atoms with Gasteiger partial charge < -0.3 is 9.88 Å². The fraction of sp³-hybridized carbons (Fsp3) is 0.286. The number of fused-ring (bicyclic) bond motifs is 1. The molecular weight excluding hydrogens is 464 g/mol.